The predicted octanol–water partition coefficient (Wildman–Crippen LogP) is 2.06. The molecular weight excluding hydrogens is 375 g/mol. The molecule has 0 aromatic carbocycles. The Bertz CT molecular complexity index is 414. The quantitative estimate of drug-likeness (QED) is 0.409. The summed E-state index contributed by atoms with van der Waals surface area (Å²) in [5.74, 6) is -0.884. The molecule has 0 unspecified atom stereocenters. The molecule has 2 atom stereocenters. The van der Waals surface area contributed by atoms with Crippen molar-refractivity contribution in [2.45, 2.75) is 49.4 Å². The van der Waals surface area contributed by atoms with E-state index in [1.165, 1.54) is 6.08 Å². The van der Waals surface area contributed by atoms with Gasteiger partial charge >= 0.3 is 5.97 Å². The fourth-order valence-corrected chi connectivity index (χ4v) is 2.12. The van der Waals surface area contributed by atoms with Gasteiger partial charge in [0.1, 0.15) is 5.76 Å². The highest BCUT2D eigenvalue weighted by Crippen LogP contribution is 2.26. The van der Waals surface area contributed by atoms with Crippen molar-refractivity contribution >= 4 is 28.6 Å². The lowest BCUT2D eigenvalue weighted by atomic mass is 10.1. The van der Waals surface area contributed by atoms with Crippen molar-refractivity contribution in [3.05, 3.63) is 23.5 Å². The van der Waals surface area contributed by atoms with Gasteiger partial charge in [0.2, 0.25) is 5.79 Å². The van der Waals surface area contributed by atoms with Crippen LogP contribution in [0.25, 0.3) is 0 Å². The fourth-order valence-electron chi connectivity index (χ4n) is 1.76. The van der Waals surface area contributed by atoms with Crippen molar-refractivity contribution in [1.29, 1.82) is 0 Å². The Morgan fingerprint density at radius 2 is 2.15 bits per heavy atom. The molecular formula is C14H21IO5. The summed E-state index contributed by atoms with van der Waals surface area (Å²) in [5.41, 5.74) is 0.830. The molecule has 0 saturated carbocycles. The fraction of sp³-hybridized carbons (Fsp3) is 0.643. The summed E-state index contributed by atoms with van der Waals surface area (Å²) in [6, 6.07) is 0. The number of carbonyl (C=O) groups excluding carboxylic acids is 1. The van der Waals surface area contributed by atoms with Gasteiger partial charge in [-0.15, -0.1) is 0 Å². The van der Waals surface area contributed by atoms with Crippen molar-refractivity contribution in [3.8, 4) is 0 Å². The maximum absolute atomic E-state index is 11.4. The number of rotatable bonds is 6. The van der Waals surface area contributed by atoms with E-state index in [1.807, 2.05) is 35.6 Å². The number of aliphatic hydroxyl groups excluding tert-OH is 2. The first-order valence-electron chi connectivity index (χ1n) is 6.49. The van der Waals surface area contributed by atoms with E-state index in [-0.39, 0.29) is 10.5 Å². The molecule has 0 bridgehead atoms. The summed E-state index contributed by atoms with van der Waals surface area (Å²) in [7, 11) is 0. The van der Waals surface area contributed by atoms with Crippen LogP contribution in [-0.2, 0) is 14.3 Å². The zero-order valence-corrected chi connectivity index (χ0v) is 14.1. The third-order valence-corrected chi connectivity index (χ3v) is 4.07. The van der Waals surface area contributed by atoms with Gasteiger partial charge in [-0.05, 0) is 25.3 Å². The van der Waals surface area contributed by atoms with Crippen molar-refractivity contribution in [2.24, 2.45) is 0 Å². The zero-order chi connectivity index (χ0) is 15.3. The van der Waals surface area contributed by atoms with E-state index in [4.69, 9.17) is 14.6 Å². The van der Waals surface area contributed by atoms with Gasteiger partial charge in [-0.3, -0.25) is 0 Å². The predicted molar refractivity (Wildman–Crippen MR) is 83.2 cm³/mol. The maximum Gasteiger partial charge on any atom is 0.337 e. The van der Waals surface area contributed by atoms with Crippen LogP contribution in [0.2, 0.25) is 0 Å². The summed E-state index contributed by atoms with van der Waals surface area (Å²) in [4.78, 5) is 11.4. The number of allylic oxidation sites excluding steroid dienone is 2. The van der Waals surface area contributed by atoms with Crippen LogP contribution in [0.1, 0.15) is 33.6 Å². The van der Waals surface area contributed by atoms with Gasteiger partial charge in [0.15, 0.2) is 0 Å². The molecule has 0 saturated heterocycles. The van der Waals surface area contributed by atoms with E-state index >= 15 is 0 Å². The number of aliphatic hydroxyl groups is 2. The lowest BCUT2D eigenvalue weighted by molar-refractivity contribution is -0.203. The Morgan fingerprint density at radius 1 is 1.50 bits per heavy atom. The molecule has 6 heteroatoms. The summed E-state index contributed by atoms with van der Waals surface area (Å²) < 4.78 is 10.4. The van der Waals surface area contributed by atoms with Gasteiger partial charge in [-0.2, -0.15) is 0 Å². The van der Waals surface area contributed by atoms with E-state index in [9.17, 15) is 9.90 Å². The van der Waals surface area contributed by atoms with Crippen molar-refractivity contribution in [1.82, 2.24) is 0 Å². The molecule has 0 aromatic heterocycles. The minimum Gasteiger partial charge on any atom is -0.452 e. The van der Waals surface area contributed by atoms with Gasteiger partial charge < -0.3 is 19.7 Å². The van der Waals surface area contributed by atoms with E-state index in [0.29, 0.717) is 18.6 Å². The van der Waals surface area contributed by atoms with Crippen LogP contribution in [0.5, 0.6) is 0 Å². The number of hydrogen-bond acceptors (Lipinski definition) is 5. The topological polar surface area (TPSA) is 76.0 Å². The van der Waals surface area contributed by atoms with Crippen LogP contribution in [0.3, 0.4) is 0 Å². The number of carbonyl (C=O) groups is 1. The molecule has 0 amide bonds. The molecule has 20 heavy (non-hydrogen) atoms. The third-order valence-electron chi connectivity index (χ3n) is 2.84. The van der Waals surface area contributed by atoms with Crippen LogP contribution in [-0.4, -0.2) is 38.6 Å². The molecule has 5 nitrogen and oxygen atoms in total. The van der Waals surface area contributed by atoms with Crippen LogP contribution < -0.4 is 0 Å². The average Bonchev–Trinajstić information content (AvgIpc) is 2.34. The van der Waals surface area contributed by atoms with Gasteiger partial charge in [0, 0.05) is 13.8 Å². The SMILES string of the molecule is C/C(=C\CC[C@H](O)[C@H](I)CO)C1=CC(=O)OC(C)(C)O1. The molecule has 0 spiro atoms. The van der Waals surface area contributed by atoms with E-state index in [0.717, 1.165) is 5.57 Å². The molecule has 1 rings (SSSR count). The molecule has 0 radical (unpaired) electrons. The van der Waals surface area contributed by atoms with Crippen LogP contribution in [0.4, 0.5) is 0 Å². The van der Waals surface area contributed by atoms with Crippen LogP contribution in [0.15, 0.2) is 23.5 Å². The number of alkyl halides is 1. The third kappa shape index (κ3) is 5.41. The number of esters is 1. The molecule has 1 aliphatic rings. The molecule has 1 aliphatic heterocycles. The summed E-state index contributed by atoms with van der Waals surface area (Å²) >= 11 is 2.02. The Hall–Kier alpha value is -0.600. The Morgan fingerprint density at radius 3 is 2.70 bits per heavy atom. The summed E-state index contributed by atoms with van der Waals surface area (Å²) in [6.45, 7) is 5.16. The maximum atomic E-state index is 11.4. The first-order chi connectivity index (χ1) is 9.25. The summed E-state index contributed by atoms with van der Waals surface area (Å²) in [6.07, 6.45) is 3.87. The van der Waals surface area contributed by atoms with E-state index in [1.54, 1.807) is 13.8 Å². The number of halogens is 1. The molecule has 114 valence electrons. The number of ether oxygens (including phenoxy) is 2. The Labute approximate surface area is 132 Å². The highest BCUT2D eigenvalue weighted by atomic mass is 127. The van der Waals surface area contributed by atoms with Crippen LogP contribution in [0, 0.1) is 0 Å². The second-order valence-electron chi connectivity index (χ2n) is 5.16. The molecule has 0 aliphatic carbocycles. The van der Waals surface area contributed by atoms with E-state index in [2.05, 4.69) is 0 Å². The largest absolute Gasteiger partial charge is 0.452 e. The Balaban J connectivity index is 2.59. The highest BCUT2D eigenvalue weighted by molar-refractivity contribution is 14.1. The molecule has 2 N–H and O–H groups in total. The zero-order valence-electron chi connectivity index (χ0n) is 11.9. The van der Waals surface area contributed by atoms with Crippen molar-refractivity contribution < 1.29 is 24.5 Å². The van der Waals surface area contributed by atoms with Crippen molar-refractivity contribution in [2.75, 3.05) is 6.61 Å². The lowest BCUT2D eigenvalue weighted by Crippen LogP contribution is -2.34. The molecule has 1 heterocycles. The molecule has 0 fully saturated rings. The monoisotopic (exact) mass is 396 g/mol. The minimum atomic E-state index is -0.958. The number of hydrogen-bond donors (Lipinski definition) is 2. The Kier molecular flexibility index (Phi) is 6.47. The standard InChI is InChI=1S/C14H21IO5/c1-9(5-4-6-11(17)10(15)8-16)12-7-13(18)20-14(2,3)19-12/h5,7,10-11,16-17H,4,6,8H2,1-3H3/b9-5+/t10-,11+/m1/s1. The second kappa shape index (κ2) is 7.42. The van der Waals surface area contributed by atoms with Gasteiger partial charge in [-0.25, -0.2) is 4.79 Å². The molecule has 0 aromatic rings. The average molecular weight is 396 g/mol. The first-order valence-corrected chi connectivity index (χ1v) is 7.73. The van der Waals surface area contributed by atoms with E-state index < -0.39 is 17.9 Å². The van der Waals surface area contributed by atoms with Crippen LogP contribution >= 0.6 is 22.6 Å². The summed E-state index contributed by atoms with van der Waals surface area (Å²) in [5, 5.41) is 18.7. The van der Waals surface area contributed by atoms with Crippen molar-refractivity contribution in [3.63, 3.8) is 0 Å². The highest BCUT2D eigenvalue weighted by Gasteiger charge is 2.30. The van der Waals surface area contributed by atoms with Gasteiger partial charge in [0.25, 0.3) is 0 Å². The number of cyclic esters (lactones) is 1. The normalized spacial score (nSPS) is 21.6. The minimum absolute atomic E-state index is 0.0429. The first kappa shape index (κ1) is 17.5. The lowest BCUT2D eigenvalue weighted by Gasteiger charge is -2.30. The van der Waals surface area contributed by atoms with Gasteiger partial charge in [-0.1, -0.05) is 28.7 Å². The van der Waals surface area contributed by atoms with Gasteiger partial charge in [0.05, 0.1) is 22.7 Å². The second-order valence-corrected chi connectivity index (χ2v) is 6.76. The smallest absolute Gasteiger partial charge is 0.337 e.